The van der Waals surface area contributed by atoms with Gasteiger partial charge in [0.05, 0.1) is 6.04 Å². The van der Waals surface area contributed by atoms with Crippen LogP contribution in [0.3, 0.4) is 0 Å². The smallest absolute Gasteiger partial charge is 0.328 e. The van der Waals surface area contributed by atoms with Crippen LogP contribution in [0.4, 0.5) is 0 Å². The molecule has 2 atom stereocenters. The standard InChI is InChI=1S/C28H28ClNO5/c1-18(2)27(30-25(31)14-15-26(32)33)21-10-6-7-11-22(21)28(34)23-13-12-20(29)16-24(23)35-17-19-8-4-3-5-9-19/h3-16,18,27-28,34H,17H2,1-2H3,(H,30,31)(H,32,33)/b15-14+. The maximum atomic E-state index is 12.3. The molecule has 0 spiro atoms. The van der Waals surface area contributed by atoms with Gasteiger partial charge in [0.2, 0.25) is 5.91 Å². The van der Waals surface area contributed by atoms with Crippen molar-refractivity contribution in [2.75, 3.05) is 0 Å². The van der Waals surface area contributed by atoms with Crippen LogP contribution in [-0.4, -0.2) is 22.1 Å². The van der Waals surface area contributed by atoms with Gasteiger partial charge in [-0.25, -0.2) is 4.79 Å². The molecule has 0 aromatic heterocycles. The number of carbonyl (C=O) groups is 2. The lowest BCUT2D eigenvalue weighted by molar-refractivity contribution is -0.131. The molecule has 0 aliphatic heterocycles. The third kappa shape index (κ3) is 7.18. The first kappa shape index (κ1) is 26.0. The lowest BCUT2D eigenvalue weighted by atomic mass is 9.88. The number of aliphatic hydroxyl groups excluding tert-OH is 1. The van der Waals surface area contributed by atoms with Crippen LogP contribution in [0.15, 0.2) is 84.9 Å². The summed E-state index contributed by atoms with van der Waals surface area (Å²) in [5, 5.41) is 23.6. The van der Waals surface area contributed by atoms with E-state index >= 15 is 0 Å². The van der Waals surface area contributed by atoms with Crippen LogP contribution in [0.2, 0.25) is 5.02 Å². The molecule has 2 unspecified atom stereocenters. The second-order valence-electron chi connectivity index (χ2n) is 8.39. The van der Waals surface area contributed by atoms with E-state index in [4.69, 9.17) is 21.4 Å². The van der Waals surface area contributed by atoms with Gasteiger partial charge in [-0.2, -0.15) is 0 Å². The molecule has 0 radical (unpaired) electrons. The Morgan fingerprint density at radius 1 is 0.943 bits per heavy atom. The number of nitrogens with one attached hydrogen (secondary N) is 1. The minimum atomic E-state index is -1.21. The molecule has 0 aliphatic carbocycles. The highest BCUT2D eigenvalue weighted by Crippen LogP contribution is 2.37. The Balaban J connectivity index is 1.93. The number of amides is 1. The number of hydrogen-bond donors (Lipinski definition) is 3. The van der Waals surface area contributed by atoms with Crippen LogP contribution in [0, 0.1) is 5.92 Å². The summed E-state index contributed by atoms with van der Waals surface area (Å²) in [7, 11) is 0. The summed E-state index contributed by atoms with van der Waals surface area (Å²) in [4.78, 5) is 23.1. The SMILES string of the molecule is CC(C)C(NC(=O)/C=C/C(=O)O)c1ccccc1C(O)c1ccc(Cl)cc1OCc1ccccc1. The van der Waals surface area contributed by atoms with E-state index in [0.29, 0.717) is 28.5 Å². The van der Waals surface area contributed by atoms with Gasteiger partial charge in [0, 0.05) is 22.7 Å². The van der Waals surface area contributed by atoms with E-state index in [1.54, 1.807) is 24.3 Å². The molecule has 0 bridgehead atoms. The van der Waals surface area contributed by atoms with Gasteiger partial charge in [-0.1, -0.05) is 86.1 Å². The first-order valence-corrected chi connectivity index (χ1v) is 11.6. The second kappa shape index (κ2) is 12.2. The molecule has 35 heavy (non-hydrogen) atoms. The lowest BCUT2D eigenvalue weighted by Gasteiger charge is -2.27. The molecule has 6 nitrogen and oxygen atoms in total. The molecular weight excluding hydrogens is 466 g/mol. The second-order valence-corrected chi connectivity index (χ2v) is 8.83. The maximum absolute atomic E-state index is 12.3. The highest BCUT2D eigenvalue weighted by atomic mass is 35.5. The molecule has 3 aromatic carbocycles. The Morgan fingerprint density at radius 3 is 2.26 bits per heavy atom. The van der Waals surface area contributed by atoms with Crippen LogP contribution < -0.4 is 10.1 Å². The first-order valence-electron chi connectivity index (χ1n) is 11.2. The van der Waals surface area contributed by atoms with E-state index in [0.717, 1.165) is 23.3 Å². The molecule has 7 heteroatoms. The van der Waals surface area contributed by atoms with Gasteiger partial charge in [-0.3, -0.25) is 4.79 Å². The van der Waals surface area contributed by atoms with Crippen molar-refractivity contribution in [2.24, 2.45) is 5.92 Å². The minimum Gasteiger partial charge on any atom is -0.488 e. The number of carbonyl (C=O) groups excluding carboxylic acids is 1. The third-order valence-electron chi connectivity index (χ3n) is 5.47. The number of ether oxygens (including phenoxy) is 1. The molecule has 0 saturated carbocycles. The van der Waals surface area contributed by atoms with Gasteiger partial charge >= 0.3 is 5.97 Å². The lowest BCUT2D eigenvalue weighted by Crippen LogP contribution is -2.31. The highest BCUT2D eigenvalue weighted by Gasteiger charge is 2.25. The van der Waals surface area contributed by atoms with Gasteiger partial charge in [0.25, 0.3) is 0 Å². The zero-order chi connectivity index (χ0) is 25.4. The number of benzene rings is 3. The summed E-state index contributed by atoms with van der Waals surface area (Å²) in [5.74, 6) is -1.32. The molecular formula is C28H28ClNO5. The number of halogens is 1. The van der Waals surface area contributed by atoms with E-state index in [1.807, 2.05) is 62.4 Å². The number of aliphatic carboxylic acids is 1. The molecule has 0 heterocycles. The van der Waals surface area contributed by atoms with Crippen molar-refractivity contribution in [1.82, 2.24) is 5.32 Å². The van der Waals surface area contributed by atoms with Crippen LogP contribution in [0.5, 0.6) is 5.75 Å². The fourth-order valence-corrected chi connectivity index (χ4v) is 3.92. The quantitative estimate of drug-likeness (QED) is 0.326. The topological polar surface area (TPSA) is 95.9 Å². The fraction of sp³-hybridized carbons (Fsp3) is 0.214. The van der Waals surface area contributed by atoms with E-state index in [9.17, 15) is 14.7 Å². The van der Waals surface area contributed by atoms with E-state index in [2.05, 4.69) is 5.32 Å². The Hall–Kier alpha value is -3.61. The Bertz CT molecular complexity index is 1190. The van der Waals surface area contributed by atoms with Crippen LogP contribution in [0.1, 0.15) is 48.2 Å². The molecule has 3 aromatic rings. The maximum Gasteiger partial charge on any atom is 0.328 e. The highest BCUT2D eigenvalue weighted by molar-refractivity contribution is 6.30. The predicted molar refractivity (Wildman–Crippen MR) is 135 cm³/mol. The van der Waals surface area contributed by atoms with E-state index < -0.39 is 24.0 Å². The van der Waals surface area contributed by atoms with Gasteiger partial charge in [0.15, 0.2) is 0 Å². The van der Waals surface area contributed by atoms with E-state index in [-0.39, 0.29) is 5.92 Å². The van der Waals surface area contributed by atoms with E-state index in [1.165, 1.54) is 0 Å². The van der Waals surface area contributed by atoms with Crippen LogP contribution in [0.25, 0.3) is 0 Å². The molecule has 182 valence electrons. The molecule has 3 N–H and O–H groups in total. The molecule has 1 amide bonds. The largest absolute Gasteiger partial charge is 0.488 e. The zero-order valence-electron chi connectivity index (χ0n) is 19.5. The normalized spacial score (nSPS) is 12.9. The summed E-state index contributed by atoms with van der Waals surface area (Å²) in [6.07, 6.45) is 0.713. The van der Waals surface area contributed by atoms with Crippen molar-refractivity contribution in [3.05, 3.63) is 112 Å². The van der Waals surface area contributed by atoms with Crippen LogP contribution >= 0.6 is 11.6 Å². The summed E-state index contributed by atoms with van der Waals surface area (Å²) >= 11 is 6.22. The van der Waals surface area contributed by atoms with Gasteiger partial charge in [-0.15, -0.1) is 0 Å². The first-order chi connectivity index (χ1) is 16.8. The summed E-state index contributed by atoms with van der Waals surface area (Å²) in [5.41, 5.74) is 2.83. The molecule has 0 saturated heterocycles. The fourth-order valence-electron chi connectivity index (χ4n) is 3.76. The summed E-state index contributed by atoms with van der Waals surface area (Å²) in [6, 6.07) is 21.6. The molecule has 3 rings (SSSR count). The van der Waals surface area contributed by atoms with Crippen molar-refractivity contribution in [1.29, 1.82) is 0 Å². The van der Waals surface area contributed by atoms with Crippen molar-refractivity contribution < 1.29 is 24.5 Å². The Labute approximate surface area is 209 Å². The number of hydrogen-bond acceptors (Lipinski definition) is 4. The number of rotatable bonds is 10. The molecule has 0 aliphatic rings. The van der Waals surface area contributed by atoms with Crippen LogP contribution in [-0.2, 0) is 16.2 Å². The predicted octanol–water partition coefficient (Wildman–Crippen LogP) is 5.45. The van der Waals surface area contributed by atoms with Gasteiger partial charge < -0.3 is 20.3 Å². The third-order valence-corrected chi connectivity index (χ3v) is 5.71. The average molecular weight is 494 g/mol. The monoisotopic (exact) mass is 493 g/mol. The Kier molecular flexibility index (Phi) is 9.06. The Morgan fingerprint density at radius 2 is 1.60 bits per heavy atom. The van der Waals surface area contributed by atoms with Crippen molar-refractivity contribution in [3.63, 3.8) is 0 Å². The van der Waals surface area contributed by atoms with Crippen molar-refractivity contribution >= 4 is 23.5 Å². The van der Waals surface area contributed by atoms with Gasteiger partial charge in [-0.05, 0) is 34.7 Å². The minimum absolute atomic E-state index is 0.0375. The number of carboxylic acids is 1. The van der Waals surface area contributed by atoms with Gasteiger partial charge in [0.1, 0.15) is 18.5 Å². The average Bonchev–Trinajstić information content (AvgIpc) is 2.85. The number of carboxylic acid groups (broad SMARTS) is 1. The van der Waals surface area contributed by atoms with Crippen molar-refractivity contribution in [3.8, 4) is 5.75 Å². The number of aliphatic hydroxyl groups is 1. The summed E-state index contributed by atoms with van der Waals surface area (Å²) in [6.45, 7) is 4.18. The summed E-state index contributed by atoms with van der Waals surface area (Å²) < 4.78 is 6.03. The molecule has 0 fully saturated rings. The van der Waals surface area contributed by atoms with Crippen molar-refractivity contribution in [2.45, 2.75) is 32.6 Å². The zero-order valence-corrected chi connectivity index (χ0v) is 20.3.